The van der Waals surface area contributed by atoms with Crippen molar-refractivity contribution in [3.63, 3.8) is 0 Å². The number of nitrogens with one attached hydrogen (secondary N) is 1. The van der Waals surface area contributed by atoms with Crippen LogP contribution in [0.4, 0.5) is 5.69 Å². The third-order valence-electron chi connectivity index (χ3n) is 5.37. The summed E-state index contributed by atoms with van der Waals surface area (Å²) in [5, 5.41) is 3.50. The Morgan fingerprint density at radius 3 is 2.37 bits per heavy atom. The van der Waals surface area contributed by atoms with Crippen molar-refractivity contribution in [2.45, 2.75) is 38.6 Å². The highest BCUT2D eigenvalue weighted by molar-refractivity contribution is 5.84. The number of ether oxygens (including phenoxy) is 1. The number of hydrogen-bond acceptors (Lipinski definition) is 4. The van der Waals surface area contributed by atoms with Crippen LogP contribution >= 0.6 is 0 Å². The van der Waals surface area contributed by atoms with Crippen molar-refractivity contribution < 1.29 is 9.53 Å². The monoisotopic (exact) mass is 366 g/mol. The second-order valence-corrected chi connectivity index (χ2v) is 7.37. The molecule has 1 N–H and O–H groups in total. The predicted molar refractivity (Wildman–Crippen MR) is 110 cm³/mol. The molecule has 1 fully saturated rings. The van der Waals surface area contributed by atoms with Crippen molar-refractivity contribution in [1.29, 1.82) is 0 Å². The topological polar surface area (TPSA) is 41.6 Å². The van der Waals surface area contributed by atoms with Gasteiger partial charge in [0.05, 0.1) is 6.61 Å². The third-order valence-corrected chi connectivity index (χ3v) is 5.37. The lowest BCUT2D eigenvalue weighted by Crippen LogP contribution is -2.55. The largest absolute Gasteiger partial charge is 0.464 e. The summed E-state index contributed by atoms with van der Waals surface area (Å²) in [6.45, 7) is 7.15. The zero-order chi connectivity index (χ0) is 19.1. The van der Waals surface area contributed by atoms with Crippen LogP contribution in [-0.2, 0) is 16.0 Å². The minimum absolute atomic E-state index is 0.131. The van der Waals surface area contributed by atoms with Crippen molar-refractivity contribution in [2.75, 3.05) is 31.6 Å². The molecule has 0 aliphatic carbocycles. The minimum Gasteiger partial charge on any atom is -0.464 e. The van der Waals surface area contributed by atoms with Gasteiger partial charge in [0, 0.05) is 25.3 Å². The Hall–Kier alpha value is -2.33. The van der Waals surface area contributed by atoms with E-state index in [9.17, 15) is 4.79 Å². The smallest absolute Gasteiger partial charge is 0.331 e. The van der Waals surface area contributed by atoms with Gasteiger partial charge < -0.3 is 15.0 Å². The highest BCUT2D eigenvalue weighted by atomic mass is 16.5. The molecule has 0 unspecified atom stereocenters. The van der Waals surface area contributed by atoms with E-state index in [1.54, 1.807) is 0 Å². The maximum atomic E-state index is 12.8. The number of nitrogens with zero attached hydrogens (tertiary/aromatic N) is 1. The van der Waals surface area contributed by atoms with Crippen LogP contribution in [0.1, 0.15) is 30.9 Å². The molecule has 2 aromatic carbocycles. The van der Waals surface area contributed by atoms with E-state index in [1.165, 1.54) is 11.1 Å². The zero-order valence-corrected chi connectivity index (χ0v) is 16.4. The summed E-state index contributed by atoms with van der Waals surface area (Å²) in [5.41, 5.74) is 2.92. The quantitative estimate of drug-likeness (QED) is 0.751. The molecule has 0 bridgehead atoms. The summed E-state index contributed by atoms with van der Waals surface area (Å²) in [5.74, 6) is -0.131. The van der Waals surface area contributed by atoms with Gasteiger partial charge in [-0.1, -0.05) is 48.0 Å². The second kappa shape index (κ2) is 9.05. The first kappa shape index (κ1) is 19.4. The summed E-state index contributed by atoms with van der Waals surface area (Å²) < 4.78 is 5.43. The summed E-state index contributed by atoms with van der Waals surface area (Å²) in [7, 11) is 0. The second-order valence-electron chi connectivity index (χ2n) is 7.37. The van der Waals surface area contributed by atoms with Gasteiger partial charge in [0.1, 0.15) is 5.54 Å². The van der Waals surface area contributed by atoms with Gasteiger partial charge >= 0.3 is 5.97 Å². The highest BCUT2D eigenvalue weighted by Gasteiger charge is 2.42. The van der Waals surface area contributed by atoms with E-state index in [-0.39, 0.29) is 5.97 Å². The number of likely N-dealkylation sites (tertiary alicyclic amines) is 1. The SMILES string of the molecule is CCOC(=O)C1(Nc2ccc(C)cc2)CCN(CCc2ccccc2)CC1. The van der Waals surface area contributed by atoms with Crippen molar-refractivity contribution >= 4 is 11.7 Å². The summed E-state index contributed by atoms with van der Waals surface area (Å²) >= 11 is 0. The van der Waals surface area contributed by atoms with Gasteiger partial charge in [0.2, 0.25) is 0 Å². The third kappa shape index (κ3) is 5.10. The Balaban J connectivity index is 1.63. The maximum Gasteiger partial charge on any atom is 0.331 e. The molecule has 2 aromatic rings. The Morgan fingerprint density at radius 1 is 1.07 bits per heavy atom. The molecule has 0 amide bonds. The summed E-state index contributed by atoms with van der Waals surface area (Å²) in [6.07, 6.45) is 2.56. The number of benzene rings is 2. The Labute approximate surface area is 162 Å². The van der Waals surface area contributed by atoms with Gasteiger partial charge in [-0.25, -0.2) is 4.79 Å². The molecule has 0 aromatic heterocycles. The molecule has 1 saturated heterocycles. The average Bonchev–Trinajstić information content (AvgIpc) is 2.70. The van der Waals surface area contributed by atoms with Crippen LogP contribution in [-0.4, -0.2) is 42.6 Å². The molecule has 144 valence electrons. The fraction of sp³-hybridized carbons (Fsp3) is 0.435. The van der Waals surface area contributed by atoms with E-state index in [1.807, 2.05) is 19.1 Å². The molecule has 0 radical (unpaired) electrons. The number of rotatable bonds is 7. The van der Waals surface area contributed by atoms with Gasteiger partial charge in [0.15, 0.2) is 0 Å². The number of carbonyl (C=O) groups is 1. The van der Waals surface area contributed by atoms with Crippen LogP contribution < -0.4 is 5.32 Å². The van der Waals surface area contributed by atoms with Crippen molar-refractivity contribution in [2.24, 2.45) is 0 Å². The standard InChI is InChI=1S/C23H30N2O2/c1-3-27-22(26)23(24-21-11-9-19(2)10-12-21)14-17-25(18-15-23)16-13-20-7-5-4-6-8-20/h4-12,24H,3,13-18H2,1-2H3. The minimum atomic E-state index is -0.630. The van der Waals surface area contributed by atoms with Gasteiger partial charge in [-0.2, -0.15) is 0 Å². The number of anilines is 1. The Morgan fingerprint density at radius 2 is 1.74 bits per heavy atom. The van der Waals surface area contributed by atoms with E-state index < -0.39 is 5.54 Å². The molecule has 1 heterocycles. The van der Waals surface area contributed by atoms with Crippen LogP contribution in [0.3, 0.4) is 0 Å². The molecule has 0 saturated carbocycles. The molecule has 0 atom stereocenters. The summed E-state index contributed by atoms with van der Waals surface area (Å²) in [6, 6.07) is 18.8. The molecule has 27 heavy (non-hydrogen) atoms. The number of carbonyl (C=O) groups excluding carboxylic acids is 1. The van der Waals surface area contributed by atoms with E-state index in [4.69, 9.17) is 4.74 Å². The van der Waals surface area contributed by atoms with Crippen molar-refractivity contribution in [3.8, 4) is 0 Å². The molecule has 1 aliphatic rings. The fourth-order valence-corrected chi connectivity index (χ4v) is 3.65. The van der Waals surface area contributed by atoms with E-state index in [0.717, 1.165) is 44.6 Å². The molecule has 4 nitrogen and oxygen atoms in total. The molecule has 1 aliphatic heterocycles. The van der Waals surface area contributed by atoms with Gasteiger partial charge in [0.25, 0.3) is 0 Å². The zero-order valence-electron chi connectivity index (χ0n) is 16.4. The van der Waals surface area contributed by atoms with Crippen LogP contribution in [0.2, 0.25) is 0 Å². The lowest BCUT2D eigenvalue weighted by molar-refractivity contribution is -0.150. The first-order chi connectivity index (χ1) is 13.1. The van der Waals surface area contributed by atoms with Crippen LogP contribution in [0, 0.1) is 6.92 Å². The maximum absolute atomic E-state index is 12.8. The van der Waals surface area contributed by atoms with Crippen LogP contribution in [0.25, 0.3) is 0 Å². The van der Waals surface area contributed by atoms with Gasteiger partial charge in [-0.15, -0.1) is 0 Å². The lowest BCUT2D eigenvalue weighted by atomic mass is 9.86. The van der Waals surface area contributed by atoms with E-state index in [0.29, 0.717) is 6.61 Å². The number of hydrogen-bond donors (Lipinski definition) is 1. The summed E-state index contributed by atoms with van der Waals surface area (Å²) in [4.78, 5) is 15.2. The molecular formula is C23H30N2O2. The number of piperidine rings is 1. The van der Waals surface area contributed by atoms with Crippen molar-refractivity contribution in [3.05, 3.63) is 65.7 Å². The Bertz CT molecular complexity index is 720. The van der Waals surface area contributed by atoms with Crippen LogP contribution in [0.15, 0.2) is 54.6 Å². The molecule has 4 heteroatoms. The average molecular weight is 367 g/mol. The van der Waals surface area contributed by atoms with E-state index in [2.05, 4.69) is 59.6 Å². The van der Waals surface area contributed by atoms with Gasteiger partial charge in [-0.05, 0) is 50.8 Å². The Kier molecular flexibility index (Phi) is 6.51. The van der Waals surface area contributed by atoms with Crippen LogP contribution in [0.5, 0.6) is 0 Å². The van der Waals surface area contributed by atoms with Gasteiger partial charge in [-0.3, -0.25) is 0 Å². The predicted octanol–water partition coefficient (Wildman–Crippen LogP) is 4.05. The molecular weight excluding hydrogens is 336 g/mol. The van der Waals surface area contributed by atoms with Crippen molar-refractivity contribution in [1.82, 2.24) is 4.90 Å². The normalized spacial score (nSPS) is 16.7. The van der Waals surface area contributed by atoms with E-state index >= 15 is 0 Å². The number of aryl methyl sites for hydroxylation is 1. The fourth-order valence-electron chi connectivity index (χ4n) is 3.65. The first-order valence-corrected chi connectivity index (χ1v) is 9.90. The molecule has 3 rings (SSSR count). The lowest BCUT2D eigenvalue weighted by Gasteiger charge is -2.41. The first-order valence-electron chi connectivity index (χ1n) is 9.90. The highest BCUT2D eigenvalue weighted by Crippen LogP contribution is 2.29. The molecule has 0 spiro atoms. The number of esters is 1.